The van der Waals surface area contributed by atoms with Gasteiger partial charge in [-0.25, -0.2) is 9.97 Å². The van der Waals surface area contributed by atoms with E-state index in [0.29, 0.717) is 12.5 Å². The van der Waals surface area contributed by atoms with Gasteiger partial charge in [-0.05, 0) is 25.1 Å². The average Bonchev–Trinajstić information content (AvgIpc) is 2.65. The van der Waals surface area contributed by atoms with E-state index in [1.807, 2.05) is 23.6 Å². The number of amides is 1. The van der Waals surface area contributed by atoms with E-state index in [9.17, 15) is 4.79 Å². The fraction of sp³-hybridized carbons (Fsp3) is 0.182. The van der Waals surface area contributed by atoms with Crippen molar-refractivity contribution in [3.05, 3.63) is 31.0 Å². The first-order valence-corrected chi connectivity index (χ1v) is 5.01. The molecule has 0 bridgehead atoms. The number of pyridine rings is 1. The highest BCUT2D eigenvalue weighted by Crippen LogP contribution is 2.16. The summed E-state index contributed by atoms with van der Waals surface area (Å²) >= 11 is 0. The maximum atomic E-state index is 11.2. The first kappa shape index (κ1) is 10.4. The summed E-state index contributed by atoms with van der Waals surface area (Å²) in [5.41, 5.74) is 1.54. The molecular weight excluding hydrogens is 204 g/mol. The minimum Gasteiger partial charge on any atom is -0.295 e. The van der Waals surface area contributed by atoms with Gasteiger partial charge < -0.3 is 0 Å². The smallest absolute Gasteiger partial charge is 0.250 e. The van der Waals surface area contributed by atoms with E-state index < -0.39 is 0 Å². The Morgan fingerprint density at radius 2 is 2.50 bits per heavy atom. The van der Waals surface area contributed by atoms with Gasteiger partial charge in [0.1, 0.15) is 5.52 Å². The molecule has 1 N–H and O–H groups in total. The number of hydrogen-bond donors (Lipinski definition) is 1. The third kappa shape index (κ3) is 1.67. The first-order chi connectivity index (χ1) is 7.76. The Bertz CT molecular complexity index is 544. The van der Waals surface area contributed by atoms with E-state index in [-0.39, 0.29) is 5.91 Å². The molecule has 1 amide bonds. The average molecular weight is 216 g/mol. The summed E-state index contributed by atoms with van der Waals surface area (Å²) in [5, 5.41) is 2.66. The molecule has 0 saturated heterocycles. The Labute approximate surface area is 92.8 Å². The van der Waals surface area contributed by atoms with Crippen molar-refractivity contribution in [1.29, 1.82) is 0 Å². The maximum Gasteiger partial charge on any atom is 0.250 e. The summed E-state index contributed by atoms with van der Waals surface area (Å²) in [6.45, 7) is 6.07. The Morgan fingerprint density at radius 1 is 1.69 bits per heavy atom. The van der Waals surface area contributed by atoms with E-state index in [2.05, 4.69) is 21.9 Å². The van der Waals surface area contributed by atoms with Crippen LogP contribution >= 0.6 is 0 Å². The zero-order chi connectivity index (χ0) is 11.5. The van der Waals surface area contributed by atoms with Crippen molar-refractivity contribution in [2.75, 3.05) is 5.32 Å². The molecule has 0 aromatic carbocycles. The summed E-state index contributed by atoms with van der Waals surface area (Å²) in [7, 11) is 0. The summed E-state index contributed by atoms with van der Waals surface area (Å²) in [4.78, 5) is 19.7. The van der Waals surface area contributed by atoms with E-state index in [1.54, 1.807) is 6.20 Å². The van der Waals surface area contributed by atoms with Crippen LogP contribution in [-0.2, 0) is 11.3 Å². The Kier molecular flexibility index (Phi) is 2.68. The van der Waals surface area contributed by atoms with Gasteiger partial charge in [-0.15, -0.1) is 0 Å². The lowest BCUT2D eigenvalue weighted by Gasteiger charge is -2.04. The number of nitrogens with one attached hydrogen (secondary N) is 1. The van der Waals surface area contributed by atoms with Gasteiger partial charge in [-0.1, -0.05) is 6.58 Å². The Hall–Kier alpha value is -2.17. The lowest BCUT2D eigenvalue weighted by molar-refractivity contribution is -0.111. The van der Waals surface area contributed by atoms with Crippen LogP contribution in [0.15, 0.2) is 31.0 Å². The molecule has 0 aliphatic rings. The van der Waals surface area contributed by atoms with E-state index >= 15 is 0 Å². The summed E-state index contributed by atoms with van der Waals surface area (Å²) in [6, 6.07) is 3.67. The van der Waals surface area contributed by atoms with E-state index in [0.717, 1.165) is 11.2 Å². The van der Waals surface area contributed by atoms with Crippen LogP contribution in [0.5, 0.6) is 0 Å². The number of carbonyl (C=O) groups is 1. The quantitative estimate of drug-likeness (QED) is 0.792. The molecule has 16 heavy (non-hydrogen) atoms. The van der Waals surface area contributed by atoms with Gasteiger partial charge in [0, 0.05) is 12.7 Å². The molecule has 0 unspecified atom stereocenters. The van der Waals surface area contributed by atoms with Crippen LogP contribution in [0.3, 0.4) is 0 Å². The lowest BCUT2D eigenvalue weighted by atomic mass is 10.4. The third-order valence-corrected chi connectivity index (χ3v) is 2.24. The van der Waals surface area contributed by atoms with Crippen LogP contribution in [0.1, 0.15) is 6.92 Å². The van der Waals surface area contributed by atoms with Crippen molar-refractivity contribution in [3.8, 4) is 0 Å². The standard InChI is InChI=1S/C11H12N4O/c1-3-9(16)14-11-13-8-6-5-7-12-10(8)15(11)4-2/h3,5-7H,1,4H2,2H3,(H,13,14,16). The molecule has 0 aliphatic carbocycles. The molecule has 2 rings (SSSR count). The zero-order valence-electron chi connectivity index (χ0n) is 8.97. The molecule has 82 valence electrons. The fourth-order valence-corrected chi connectivity index (χ4v) is 1.51. The number of carbonyl (C=O) groups excluding carboxylic acids is 1. The predicted octanol–water partition coefficient (Wildman–Crippen LogP) is 1.58. The zero-order valence-corrected chi connectivity index (χ0v) is 8.97. The van der Waals surface area contributed by atoms with Crippen LogP contribution < -0.4 is 5.32 Å². The fourth-order valence-electron chi connectivity index (χ4n) is 1.51. The van der Waals surface area contributed by atoms with E-state index in [4.69, 9.17) is 0 Å². The van der Waals surface area contributed by atoms with Crippen LogP contribution in [-0.4, -0.2) is 20.4 Å². The van der Waals surface area contributed by atoms with Crippen LogP contribution in [0.2, 0.25) is 0 Å². The lowest BCUT2D eigenvalue weighted by Crippen LogP contribution is -2.12. The van der Waals surface area contributed by atoms with Crippen LogP contribution in [0, 0.1) is 0 Å². The van der Waals surface area contributed by atoms with Gasteiger partial charge in [0.2, 0.25) is 11.9 Å². The number of aromatic nitrogens is 3. The molecule has 0 saturated carbocycles. The van der Waals surface area contributed by atoms with Crippen molar-refractivity contribution in [3.63, 3.8) is 0 Å². The maximum absolute atomic E-state index is 11.2. The van der Waals surface area contributed by atoms with Crippen LogP contribution in [0.25, 0.3) is 11.2 Å². The highest BCUT2D eigenvalue weighted by Gasteiger charge is 2.10. The van der Waals surface area contributed by atoms with Gasteiger partial charge in [-0.3, -0.25) is 14.7 Å². The number of anilines is 1. The largest absolute Gasteiger partial charge is 0.295 e. The highest BCUT2D eigenvalue weighted by atomic mass is 16.1. The third-order valence-electron chi connectivity index (χ3n) is 2.24. The Balaban J connectivity index is 2.52. The van der Waals surface area contributed by atoms with Gasteiger partial charge >= 0.3 is 0 Å². The van der Waals surface area contributed by atoms with Crippen molar-refractivity contribution in [2.45, 2.75) is 13.5 Å². The number of rotatable bonds is 3. The summed E-state index contributed by atoms with van der Waals surface area (Å²) < 4.78 is 1.84. The molecule has 0 aliphatic heterocycles. The van der Waals surface area contributed by atoms with Crippen LogP contribution in [0.4, 0.5) is 5.95 Å². The second-order valence-corrected chi connectivity index (χ2v) is 3.22. The van der Waals surface area contributed by atoms with Gasteiger partial charge in [0.15, 0.2) is 5.65 Å². The second kappa shape index (κ2) is 4.14. The normalized spacial score (nSPS) is 10.3. The molecule has 5 nitrogen and oxygen atoms in total. The molecule has 0 fully saturated rings. The molecule has 2 aromatic heterocycles. The summed E-state index contributed by atoms with van der Waals surface area (Å²) in [5.74, 6) is 0.228. The molecular formula is C11H12N4O. The number of hydrogen-bond acceptors (Lipinski definition) is 3. The highest BCUT2D eigenvalue weighted by molar-refractivity contribution is 5.98. The molecule has 2 aromatic rings. The molecule has 0 spiro atoms. The Morgan fingerprint density at radius 3 is 3.19 bits per heavy atom. The van der Waals surface area contributed by atoms with Crippen molar-refractivity contribution >= 4 is 23.0 Å². The summed E-state index contributed by atoms with van der Waals surface area (Å²) in [6.07, 6.45) is 2.92. The molecule has 5 heteroatoms. The SMILES string of the molecule is C=CC(=O)Nc1nc2cccnc2n1CC. The second-order valence-electron chi connectivity index (χ2n) is 3.22. The van der Waals surface area contributed by atoms with Crippen molar-refractivity contribution in [1.82, 2.24) is 14.5 Å². The minimum atomic E-state index is -0.273. The van der Waals surface area contributed by atoms with Crippen molar-refractivity contribution in [2.24, 2.45) is 0 Å². The van der Waals surface area contributed by atoms with Crippen molar-refractivity contribution < 1.29 is 4.79 Å². The van der Waals surface area contributed by atoms with E-state index in [1.165, 1.54) is 6.08 Å². The van der Waals surface area contributed by atoms with Gasteiger partial charge in [0.05, 0.1) is 0 Å². The topological polar surface area (TPSA) is 59.8 Å². The molecule has 0 atom stereocenters. The monoisotopic (exact) mass is 216 g/mol. The minimum absolute atomic E-state index is 0.273. The molecule has 2 heterocycles. The number of nitrogens with zero attached hydrogens (tertiary/aromatic N) is 3. The van der Waals surface area contributed by atoms with Gasteiger partial charge in [0.25, 0.3) is 0 Å². The number of fused-ring (bicyclic) bond motifs is 1. The predicted molar refractivity (Wildman–Crippen MR) is 62.0 cm³/mol. The molecule has 0 radical (unpaired) electrons. The van der Waals surface area contributed by atoms with Gasteiger partial charge in [-0.2, -0.15) is 0 Å². The number of imidazole rings is 1. The first-order valence-electron chi connectivity index (χ1n) is 5.01. The number of aryl methyl sites for hydroxylation is 1.